The van der Waals surface area contributed by atoms with Gasteiger partial charge in [0.05, 0.1) is 5.56 Å². The summed E-state index contributed by atoms with van der Waals surface area (Å²) in [7, 11) is 0. The van der Waals surface area contributed by atoms with Crippen molar-refractivity contribution in [3.63, 3.8) is 0 Å². The lowest BCUT2D eigenvalue weighted by Gasteiger charge is -2.31. The number of halogens is 1. The molecular formula is C14H21BrN2O2. The van der Waals surface area contributed by atoms with E-state index in [0.717, 1.165) is 12.8 Å². The number of carbonyl (C=O) groups is 1. The van der Waals surface area contributed by atoms with Gasteiger partial charge < -0.3 is 10.4 Å². The molecule has 0 fully saturated rings. The second-order valence-corrected chi connectivity index (χ2v) is 5.46. The minimum atomic E-state index is -0.135. The molecule has 0 radical (unpaired) electrons. The smallest absolute Gasteiger partial charge is 0.254 e. The third-order valence-electron chi connectivity index (χ3n) is 3.77. The van der Waals surface area contributed by atoms with Crippen LogP contribution in [0.1, 0.15) is 43.5 Å². The molecule has 1 amide bonds. The van der Waals surface area contributed by atoms with Crippen LogP contribution in [0.5, 0.6) is 0 Å². The minimum absolute atomic E-state index is 0.0287. The second-order valence-electron chi connectivity index (χ2n) is 4.71. The predicted octanol–water partition coefficient (Wildman–Crippen LogP) is 2.76. The zero-order chi connectivity index (χ0) is 14.3. The molecule has 0 atom stereocenters. The van der Waals surface area contributed by atoms with E-state index >= 15 is 0 Å². The van der Waals surface area contributed by atoms with Crippen molar-refractivity contribution in [2.45, 2.75) is 33.1 Å². The van der Waals surface area contributed by atoms with Crippen molar-refractivity contribution in [1.82, 2.24) is 10.3 Å². The van der Waals surface area contributed by atoms with Gasteiger partial charge in [-0.3, -0.25) is 4.79 Å². The Bertz CT molecular complexity index is 420. The fourth-order valence-electron chi connectivity index (χ4n) is 2.10. The number of aliphatic hydroxyl groups excluding tert-OH is 1. The summed E-state index contributed by atoms with van der Waals surface area (Å²) in [6, 6.07) is 3.47. The van der Waals surface area contributed by atoms with E-state index in [1.54, 1.807) is 18.3 Å². The zero-order valence-electron chi connectivity index (χ0n) is 11.4. The summed E-state index contributed by atoms with van der Waals surface area (Å²) < 4.78 is 0.549. The largest absolute Gasteiger partial charge is 0.396 e. The summed E-state index contributed by atoms with van der Waals surface area (Å²) in [6.07, 6.45) is 4.20. The van der Waals surface area contributed by atoms with E-state index in [1.807, 2.05) is 0 Å². The molecule has 0 aliphatic heterocycles. The SMILES string of the molecule is CCC(CC)(CCO)CNC(=O)c1cccnc1Br. The van der Waals surface area contributed by atoms with Gasteiger partial charge in [0.15, 0.2) is 0 Å². The standard InChI is InChI=1S/C14H21BrN2O2/c1-3-14(4-2,7-9-18)10-17-13(19)11-6-5-8-16-12(11)15/h5-6,8,18H,3-4,7,9-10H2,1-2H3,(H,17,19). The van der Waals surface area contributed by atoms with Crippen LogP contribution in [-0.2, 0) is 0 Å². The zero-order valence-corrected chi connectivity index (χ0v) is 13.0. The number of carbonyl (C=O) groups excluding carboxylic acids is 1. The molecule has 0 aliphatic carbocycles. The highest BCUT2D eigenvalue weighted by molar-refractivity contribution is 9.10. The molecule has 0 saturated heterocycles. The Labute approximate surface area is 122 Å². The summed E-state index contributed by atoms with van der Waals surface area (Å²) in [6.45, 7) is 4.89. The van der Waals surface area contributed by atoms with Gasteiger partial charge >= 0.3 is 0 Å². The Morgan fingerprint density at radius 2 is 2.16 bits per heavy atom. The molecule has 0 aromatic carbocycles. The molecule has 0 aliphatic rings. The van der Waals surface area contributed by atoms with E-state index < -0.39 is 0 Å². The first kappa shape index (κ1) is 16.1. The molecule has 106 valence electrons. The Morgan fingerprint density at radius 3 is 2.68 bits per heavy atom. The lowest BCUT2D eigenvalue weighted by Crippen LogP contribution is -2.37. The van der Waals surface area contributed by atoms with Crippen LogP contribution in [0.4, 0.5) is 0 Å². The third-order valence-corrected chi connectivity index (χ3v) is 4.40. The van der Waals surface area contributed by atoms with Crippen molar-refractivity contribution in [2.75, 3.05) is 13.2 Å². The summed E-state index contributed by atoms with van der Waals surface area (Å²) in [5, 5.41) is 12.1. The lowest BCUT2D eigenvalue weighted by molar-refractivity contribution is 0.0906. The normalized spacial score (nSPS) is 11.4. The van der Waals surface area contributed by atoms with Gasteiger partial charge in [0.1, 0.15) is 4.60 Å². The number of hydrogen-bond donors (Lipinski definition) is 2. The van der Waals surface area contributed by atoms with Gasteiger partial charge in [0, 0.05) is 19.3 Å². The first-order chi connectivity index (χ1) is 9.08. The van der Waals surface area contributed by atoms with Gasteiger partial charge in [-0.05, 0) is 52.7 Å². The Kier molecular flexibility index (Phi) is 6.45. The molecule has 19 heavy (non-hydrogen) atoms. The molecule has 1 rings (SSSR count). The fraction of sp³-hybridized carbons (Fsp3) is 0.571. The van der Waals surface area contributed by atoms with Crippen LogP contribution in [0.2, 0.25) is 0 Å². The van der Waals surface area contributed by atoms with Gasteiger partial charge in [-0.15, -0.1) is 0 Å². The summed E-state index contributed by atoms with van der Waals surface area (Å²) in [5.41, 5.74) is 0.506. The molecule has 0 bridgehead atoms. The van der Waals surface area contributed by atoms with Crippen LogP contribution in [0.25, 0.3) is 0 Å². The van der Waals surface area contributed by atoms with Gasteiger partial charge in [-0.25, -0.2) is 4.98 Å². The third kappa shape index (κ3) is 4.28. The van der Waals surface area contributed by atoms with E-state index in [4.69, 9.17) is 5.11 Å². The number of aliphatic hydroxyl groups is 1. The number of aromatic nitrogens is 1. The molecule has 4 nitrogen and oxygen atoms in total. The average Bonchev–Trinajstić information content (AvgIpc) is 2.44. The Morgan fingerprint density at radius 1 is 1.47 bits per heavy atom. The Balaban J connectivity index is 2.70. The molecule has 5 heteroatoms. The monoisotopic (exact) mass is 328 g/mol. The minimum Gasteiger partial charge on any atom is -0.396 e. The highest BCUT2D eigenvalue weighted by Gasteiger charge is 2.26. The van der Waals surface area contributed by atoms with E-state index in [-0.39, 0.29) is 17.9 Å². The molecule has 0 spiro atoms. The fourth-order valence-corrected chi connectivity index (χ4v) is 2.53. The average molecular weight is 329 g/mol. The van der Waals surface area contributed by atoms with Crippen molar-refractivity contribution < 1.29 is 9.90 Å². The van der Waals surface area contributed by atoms with Crippen molar-refractivity contribution in [3.8, 4) is 0 Å². The number of nitrogens with zero attached hydrogens (tertiary/aromatic N) is 1. The van der Waals surface area contributed by atoms with Crippen LogP contribution in [0.3, 0.4) is 0 Å². The highest BCUT2D eigenvalue weighted by atomic mass is 79.9. The summed E-state index contributed by atoms with van der Waals surface area (Å²) in [4.78, 5) is 16.1. The molecule has 0 unspecified atom stereocenters. The van der Waals surface area contributed by atoms with Crippen molar-refractivity contribution in [3.05, 3.63) is 28.5 Å². The van der Waals surface area contributed by atoms with Crippen LogP contribution < -0.4 is 5.32 Å². The number of hydrogen-bond acceptors (Lipinski definition) is 3. The Hall–Kier alpha value is -0.940. The number of pyridine rings is 1. The topological polar surface area (TPSA) is 62.2 Å². The van der Waals surface area contributed by atoms with E-state index in [9.17, 15) is 4.79 Å². The molecular weight excluding hydrogens is 308 g/mol. The molecule has 2 N–H and O–H groups in total. The first-order valence-corrected chi connectivity index (χ1v) is 7.37. The van der Waals surface area contributed by atoms with Crippen LogP contribution in [-0.4, -0.2) is 29.1 Å². The van der Waals surface area contributed by atoms with Crippen molar-refractivity contribution in [1.29, 1.82) is 0 Å². The quantitative estimate of drug-likeness (QED) is 0.756. The number of amides is 1. The van der Waals surface area contributed by atoms with E-state index in [1.165, 1.54) is 0 Å². The molecule has 0 saturated carbocycles. The van der Waals surface area contributed by atoms with Crippen molar-refractivity contribution in [2.24, 2.45) is 5.41 Å². The maximum atomic E-state index is 12.1. The highest BCUT2D eigenvalue weighted by Crippen LogP contribution is 2.29. The predicted molar refractivity (Wildman–Crippen MR) is 79.0 cm³/mol. The summed E-state index contributed by atoms with van der Waals surface area (Å²) >= 11 is 3.27. The maximum absolute atomic E-state index is 12.1. The number of rotatable bonds is 7. The van der Waals surface area contributed by atoms with E-state index in [0.29, 0.717) is 23.1 Å². The molecule has 1 heterocycles. The van der Waals surface area contributed by atoms with Crippen LogP contribution in [0.15, 0.2) is 22.9 Å². The summed E-state index contributed by atoms with van der Waals surface area (Å²) in [5.74, 6) is -0.135. The van der Waals surface area contributed by atoms with Gasteiger partial charge in [0.25, 0.3) is 5.91 Å². The van der Waals surface area contributed by atoms with Crippen LogP contribution in [0, 0.1) is 5.41 Å². The number of nitrogens with one attached hydrogen (secondary N) is 1. The molecule has 1 aromatic rings. The van der Waals surface area contributed by atoms with Crippen molar-refractivity contribution >= 4 is 21.8 Å². The van der Waals surface area contributed by atoms with Gasteiger partial charge in [-0.1, -0.05) is 13.8 Å². The first-order valence-electron chi connectivity index (χ1n) is 6.58. The lowest BCUT2D eigenvalue weighted by atomic mass is 9.79. The van der Waals surface area contributed by atoms with Gasteiger partial charge in [0.2, 0.25) is 0 Å². The molecule has 1 aromatic heterocycles. The van der Waals surface area contributed by atoms with E-state index in [2.05, 4.69) is 40.1 Å². The van der Waals surface area contributed by atoms with Crippen LogP contribution >= 0.6 is 15.9 Å². The maximum Gasteiger partial charge on any atom is 0.254 e. The van der Waals surface area contributed by atoms with Gasteiger partial charge in [-0.2, -0.15) is 0 Å². The second kappa shape index (κ2) is 7.60.